The molecule has 0 spiro atoms. The highest BCUT2D eigenvalue weighted by atomic mass is 16.5. The van der Waals surface area contributed by atoms with Crippen molar-refractivity contribution in [2.75, 3.05) is 45.8 Å². The number of hydrogen-bond donors (Lipinski definition) is 3. The molecule has 2 aromatic rings. The molecular formula is C21H30N6O4. The van der Waals surface area contributed by atoms with Gasteiger partial charge in [-0.05, 0) is 18.4 Å². The highest BCUT2D eigenvalue weighted by Gasteiger charge is 2.31. The van der Waals surface area contributed by atoms with Crippen molar-refractivity contribution in [1.29, 1.82) is 0 Å². The predicted octanol–water partition coefficient (Wildman–Crippen LogP) is 1.18. The molecule has 0 unspecified atom stereocenters. The van der Waals surface area contributed by atoms with Gasteiger partial charge in [0.2, 0.25) is 5.91 Å². The van der Waals surface area contributed by atoms with Gasteiger partial charge in [-0.3, -0.25) is 9.59 Å². The Labute approximate surface area is 181 Å². The van der Waals surface area contributed by atoms with Crippen molar-refractivity contribution >= 4 is 28.8 Å². The number of nitrogens with one attached hydrogen (secondary N) is 3. The Morgan fingerprint density at radius 2 is 2.26 bits per heavy atom. The van der Waals surface area contributed by atoms with E-state index in [-0.39, 0.29) is 29.9 Å². The first-order chi connectivity index (χ1) is 15.0. The third-order valence-electron chi connectivity index (χ3n) is 5.37. The molecule has 168 valence electrons. The minimum Gasteiger partial charge on any atom is -0.384 e. The van der Waals surface area contributed by atoms with E-state index in [1.54, 1.807) is 31.5 Å². The topological polar surface area (TPSA) is 121 Å². The van der Waals surface area contributed by atoms with Gasteiger partial charge in [-0.25, -0.2) is 9.97 Å². The fourth-order valence-electron chi connectivity index (χ4n) is 3.68. The second kappa shape index (κ2) is 10.4. The molecular weight excluding hydrogens is 400 g/mol. The molecule has 3 heterocycles. The Morgan fingerprint density at radius 3 is 2.97 bits per heavy atom. The molecule has 3 atom stereocenters. The summed E-state index contributed by atoms with van der Waals surface area (Å²) >= 11 is 0. The SMILES string of the molecule is C=CC(=O)N1CC[C@@H](Nc2cnc3[nH]cc(C(=O)NC[C@@H](C)COC)c3n2)[C@@H](OC)C1. The van der Waals surface area contributed by atoms with E-state index in [4.69, 9.17) is 9.47 Å². The minimum absolute atomic E-state index is 0.0447. The number of aromatic amines is 1. The quantitative estimate of drug-likeness (QED) is 0.511. The maximum absolute atomic E-state index is 12.6. The number of amides is 2. The average molecular weight is 431 g/mol. The third-order valence-corrected chi connectivity index (χ3v) is 5.37. The van der Waals surface area contributed by atoms with Gasteiger partial charge in [0.05, 0.1) is 30.5 Å². The number of rotatable bonds is 9. The summed E-state index contributed by atoms with van der Waals surface area (Å²) in [6.07, 6.45) is 5.04. The first-order valence-electron chi connectivity index (χ1n) is 10.3. The van der Waals surface area contributed by atoms with Crippen molar-refractivity contribution < 1.29 is 19.1 Å². The molecule has 31 heavy (non-hydrogen) atoms. The lowest BCUT2D eigenvalue weighted by molar-refractivity contribution is -0.129. The summed E-state index contributed by atoms with van der Waals surface area (Å²) in [5.41, 5.74) is 1.47. The molecule has 1 aliphatic heterocycles. The molecule has 2 aromatic heterocycles. The molecule has 0 aliphatic carbocycles. The zero-order valence-corrected chi connectivity index (χ0v) is 18.2. The van der Waals surface area contributed by atoms with Crippen LogP contribution >= 0.6 is 0 Å². The van der Waals surface area contributed by atoms with Crippen LogP contribution in [0.3, 0.4) is 0 Å². The van der Waals surface area contributed by atoms with Gasteiger partial charge < -0.3 is 30.0 Å². The Balaban J connectivity index is 1.71. The summed E-state index contributed by atoms with van der Waals surface area (Å²) in [7, 11) is 3.26. The Hall–Kier alpha value is -2.98. The first kappa shape index (κ1) is 22.7. The molecule has 1 fully saturated rings. The summed E-state index contributed by atoms with van der Waals surface area (Å²) in [5.74, 6) is 0.424. The largest absolute Gasteiger partial charge is 0.384 e. The van der Waals surface area contributed by atoms with Crippen LogP contribution in [0.1, 0.15) is 23.7 Å². The summed E-state index contributed by atoms with van der Waals surface area (Å²) in [4.78, 5) is 38.2. The van der Waals surface area contributed by atoms with E-state index >= 15 is 0 Å². The lowest BCUT2D eigenvalue weighted by atomic mass is 10.0. The molecule has 10 nitrogen and oxygen atoms in total. The van der Waals surface area contributed by atoms with Gasteiger partial charge in [0.25, 0.3) is 5.91 Å². The van der Waals surface area contributed by atoms with Gasteiger partial charge in [0.15, 0.2) is 5.65 Å². The number of nitrogens with zero attached hydrogens (tertiary/aromatic N) is 3. The molecule has 3 rings (SSSR count). The highest BCUT2D eigenvalue weighted by molar-refractivity contribution is 6.04. The number of fused-ring (bicyclic) bond motifs is 1. The first-order valence-corrected chi connectivity index (χ1v) is 10.3. The van der Waals surface area contributed by atoms with E-state index in [0.29, 0.717) is 55.2 Å². The number of hydrogen-bond acceptors (Lipinski definition) is 7. The second-order valence-electron chi connectivity index (χ2n) is 7.73. The van der Waals surface area contributed by atoms with Crippen LogP contribution in [0.15, 0.2) is 25.0 Å². The lowest BCUT2D eigenvalue weighted by Gasteiger charge is -2.37. The van der Waals surface area contributed by atoms with Crippen molar-refractivity contribution in [3.05, 3.63) is 30.6 Å². The van der Waals surface area contributed by atoms with Crippen molar-refractivity contribution in [2.45, 2.75) is 25.5 Å². The van der Waals surface area contributed by atoms with Gasteiger partial charge in [0, 0.05) is 40.1 Å². The zero-order valence-electron chi connectivity index (χ0n) is 18.2. The fraction of sp³-hybridized carbons (Fsp3) is 0.524. The lowest BCUT2D eigenvalue weighted by Crippen LogP contribution is -2.52. The van der Waals surface area contributed by atoms with Crippen LogP contribution in [0.2, 0.25) is 0 Å². The maximum Gasteiger partial charge on any atom is 0.255 e. The molecule has 0 bridgehead atoms. The van der Waals surface area contributed by atoms with Gasteiger partial charge in [-0.1, -0.05) is 13.5 Å². The van der Waals surface area contributed by atoms with Crippen LogP contribution in [-0.4, -0.2) is 84.3 Å². The zero-order chi connectivity index (χ0) is 22.4. The van der Waals surface area contributed by atoms with Crippen molar-refractivity contribution in [3.63, 3.8) is 0 Å². The predicted molar refractivity (Wildman–Crippen MR) is 117 cm³/mol. The normalized spacial score (nSPS) is 19.8. The summed E-state index contributed by atoms with van der Waals surface area (Å²) in [6.45, 7) is 7.67. The fourth-order valence-corrected chi connectivity index (χ4v) is 3.68. The Kier molecular flexibility index (Phi) is 7.59. The van der Waals surface area contributed by atoms with E-state index in [9.17, 15) is 9.59 Å². The van der Waals surface area contributed by atoms with Crippen LogP contribution in [0.4, 0.5) is 5.82 Å². The molecule has 1 aliphatic rings. The van der Waals surface area contributed by atoms with Crippen LogP contribution in [-0.2, 0) is 14.3 Å². The second-order valence-corrected chi connectivity index (χ2v) is 7.73. The summed E-state index contributed by atoms with van der Waals surface area (Å²) < 4.78 is 10.7. The third kappa shape index (κ3) is 5.39. The monoisotopic (exact) mass is 430 g/mol. The van der Waals surface area contributed by atoms with Crippen LogP contribution < -0.4 is 10.6 Å². The minimum atomic E-state index is -0.216. The number of carbonyl (C=O) groups is 2. The van der Waals surface area contributed by atoms with E-state index < -0.39 is 0 Å². The number of carbonyl (C=O) groups excluding carboxylic acids is 2. The maximum atomic E-state index is 12.6. The highest BCUT2D eigenvalue weighted by Crippen LogP contribution is 2.21. The van der Waals surface area contributed by atoms with Gasteiger partial charge >= 0.3 is 0 Å². The number of methoxy groups -OCH3 is 2. The molecule has 3 N–H and O–H groups in total. The Morgan fingerprint density at radius 1 is 1.45 bits per heavy atom. The van der Waals surface area contributed by atoms with Crippen molar-refractivity contribution in [2.24, 2.45) is 5.92 Å². The van der Waals surface area contributed by atoms with Crippen LogP contribution in [0, 0.1) is 5.92 Å². The van der Waals surface area contributed by atoms with Crippen molar-refractivity contribution in [1.82, 2.24) is 25.2 Å². The standard InChI is InChI=1S/C21H30N6O4/c1-5-18(28)27-7-6-15(16(11-27)31-4)25-17-10-23-20-19(26-17)14(9-22-20)21(29)24-8-13(2)12-30-3/h5,9-10,13,15-16H,1,6-8,11-12H2,2-4H3,(H,22,23)(H,24,29)(H,25,26)/t13-,15-,16+/m1/s1. The summed E-state index contributed by atoms with van der Waals surface area (Å²) in [5, 5.41) is 6.26. The van der Waals surface area contributed by atoms with E-state index in [0.717, 1.165) is 0 Å². The number of likely N-dealkylation sites (tertiary alicyclic amines) is 1. The van der Waals surface area contributed by atoms with Crippen molar-refractivity contribution in [3.8, 4) is 0 Å². The number of anilines is 1. The van der Waals surface area contributed by atoms with Gasteiger partial charge in [-0.15, -0.1) is 0 Å². The molecule has 2 amide bonds. The summed E-state index contributed by atoms with van der Waals surface area (Å²) in [6, 6.07) is -0.0447. The Bertz CT molecular complexity index is 930. The van der Waals surface area contributed by atoms with Crippen LogP contribution in [0.25, 0.3) is 11.2 Å². The van der Waals surface area contributed by atoms with E-state index in [1.807, 2.05) is 6.92 Å². The number of H-pyrrole nitrogens is 1. The molecule has 10 heteroatoms. The smallest absolute Gasteiger partial charge is 0.255 e. The average Bonchev–Trinajstić information content (AvgIpc) is 3.20. The van der Waals surface area contributed by atoms with Crippen LogP contribution in [0.5, 0.6) is 0 Å². The van der Waals surface area contributed by atoms with E-state index in [2.05, 4.69) is 32.2 Å². The van der Waals surface area contributed by atoms with E-state index in [1.165, 1.54) is 6.08 Å². The number of piperidine rings is 1. The molecule has 0 aromatic carbocycles. The molecule has 1 saturated heterocycles. The van der Waals surface area contributed by atoms with Gasteiger partial charge in [0.1, 0.15) is 11.3 Å². The molecule has 0 saturated carbocycles. The number of aromatic nitrogens is 3. The van der Waals surface area contributed by atoms with Gasteiger partial charge in [-0.2, -0.15) is 0 Å². The number of ether oxygens (including phenoxy) is 2. The molecule has 0 radical (unpaired) electrons.